The van der Waals surface area contributed by atoms with Crippen molar-refractivity contribution in [1.29, 1.82) is 0 Å². The number of hydrogen-bond acceptors (Lipinski definition) is 5. The molecule has 3 saturated carbocycles. The van der Waals surface area contributed by atoms with Crippen molar-refractivity contribution in [3.63, 3.8) is 0 Å². The number of amides is 1. The van der Waals surface area contributed by atoms with Gasteiger partial charge in [0.25, 0.3) is 0 Å². The Kier molecular flexibility index (Phi) is 4.62. The van der Waals surface area contributed by atoms with E-state index in [0.29, 0.717) is 17.5 Å². The Morgan fingerprint density at radius 1 is 1.19 bits per heavy atom. The van der Waals surface area contributed by atoms with Crippen LogP contribution < -0.4 is 16.0 Å². The summed E-state index contributed by atoms with van der Waals surface area (Å²) in [7, 11) is 0. The van der Waals surface area contributed by atoms with E-state index in [1.165, 1.54) is 0 Å². The molecule has 0 radical (unpaired) electrons. The van der Waals surface area contributed by atoms with E-state index in [-0.39, 0.29) is 22.8 Å². The molecule has 4 atom stereocenters. The zero-order valence-electron chi connectivity index (χ0n) is 16.4. The standard InChI is InChI=1S/C20H35N3O3/c1-18(2,3)26-17(25)23-15-11-19(15)6-4-13(5-7-19)22-16(24)14-10-20(14)8-9-21-12-20/h13-15,17,21,23,25H,4-12H2,1-3H3,(H,22,24). The summed E-state index contributed by atoms with van der Waals surface area (Å²) in [6, 6.07) is 0.671. The highest BCUT2D eigenvalue weighted by molar-refractivity contribution is 5.83. The van der Waals surface area contributed by atoms with E-state index in [2.05, 4.69) is 16.0 Å². The topological polar surface area (TPSA) is 82.6 Å². The normalized spacial score (nSPS) is 42.8. The predicted molar refractivity (Wildman–Crippen MR) is 99.2 cm³/mol. The third-order valence-electron chi connectivity index (χ3n) is 7.11. The van der Waals surface area contributed by atoms with Crippen molar-refractivity contribution in [2.24, 2.45) is 16.7 Å². The number of nitrogens with one attached hydrogen (secondary N) is 3. The number of hydrogen-bond donors (Lipinski definition) is 4. The summed E-state index contributed by atoms with van der Waals surface area (Å²) >= 11 is 0. The van der Waals surface area contributed by atoms with E-state index < -0.39 is 6.41 Å². The zero-order valence-corrected chi connectivity index (χ0v) is 16.4. The van der Waals surface area contributed by atoms with Crippen molar-refractivity contribution in [3.05, 3.63) is 0 Å². The Hall–Kier alpha value is -0.690. The molecule has 4 unspecified atom stereocenters. The van der Waals surface area contributed by atoms with Crippen molar-refractivity contribution < 1.29 is 14.6 Å². The molecule has 3 aliphatic carbocycles. The monoisotopic (exact) mass is 365 g/mol. The van der Waals surface area contributed by atoms with Crippen molar-refractivity contribution in [2.75, 3.05) is 13.1 Å². The van der Waals surface area contributed by atoms with Gasteiger partial charge in [-0.1, -0.05) is 0 Å². The quantitative estimate of drug-likeness (QED) is 0.555. The van der Waals surface area contributed by atoms with Gasteiger partial charge in [0.2, 0.25) is 12.3 Å². The van der Waals surface area contributed by atoms with Crippen LogP contribution in [0.2, 0.25) is 0 Å². The van der Waals surface area contributed by atoms with E-state index in [1.54, 1.807) is 0 Å². The van der Waals surface area contributed by atoms with Crippen molar-refractivity contribution in [3.8, 4) is 0 Å². The number of aliphatic hydroxyl groups is 1. The Labute approximate surface area is 156 Å². The minimum Gasteiger partial charge on any atom is -0.356 e. The Morgan fingerprint density at radius 2 is 1.92 bits per heavy atom. The summed E-state index contributed by atoms with van der Waals surface area (Å²) < 4.78 is 5.56. The lowest BCUT2D eigenvalue weighted by atomic mass is 9.82. The molecule has 4 fully saturated rings. The van der Waals surface area contributed by atoms with Crippen LogP contribution in [0, 0.1) is 16.7 Å². The highest BCUT2D eigenvalue weighted by Gasteiger charge is 2.60. The molecule has 1 aliphatic heterocycles. The number of carbonyl (C=O) groups is 1. The van der Waals surface area contributed by atoms with E-state index in [4.69, 9.17) is 4.74 Å². The molecule has 0 aromatic rings. The largest absolute Gasteiger partial charge is 0.356 e. The van der Waals surface area contributed by atoms with Gasteiger partial charge in [0.15, 0.2) is 0 Å². The number of carbonyl (C=O) groups excluding carboxylic acids is 1. The van der Waals surface area contributed by atoms with Crippen LogP contribution in [0.5, 0.6) is 0 Å². The highest BCUT2D eigenvalue weighted by atomic mass is 16.6. The molecule has 1 saturated heterocycles. The van der Waals surface area contributed by atoms with Gasteiger partial charge in [-0.05, 0) is 83.1 Å². The third kappa shape index (κ3) is 3.79. The van der Waals surface area contributed by atoms with Crippen LogP contribution in [-0.4, -0.2) is 48.2 Å². The minimum atomic E-state index is -0.900. The summed E-state index contributed by atoms with van der Waals surface area (Å²) in [6.07, 6.45) is 6.78. The molecule has 6 nitrogen and oxygen atoms in total. The van der Waals surface area contributed by atoms with Crippen LogP contribution in [0.15, 0.2) is 0 Å². The first-order chi connectivity index (χ1) is 12.2. The van der Waals surface area contributed by atoms with Gasteiger partial charge < -0.3 is 20.5 Å². The summed E-state index contributed by atoms with van der Waals surface area (Å²) in [5, 5.41) is 20.0. The minimum absolute atomic E-state index is 0.244. The maximum absolute atomic E-state index is 12.6. The summed E-state index contributed by atoms with van der Waals surface area (Å²) in [5.74, 6) is 0.530. The highest BCUT2D eigenvalue weighted by Crippen LogP contribution is 2.58. The van der Waals surface area contributed by atoms with E-state index >= 15 is 0 Å². The third-order valence-corrected chi connectivity index (χ3v) is 7.11. The van der Waals surface area contributed by atoms with Gasteiger partial charge in [-0.3, -0.25) is 10.1 Å². The lowest BCUT2D eigenvalue weighted by Gasteiger charge is -2.31. The van der Waals surface area contributed by atoms with Crippen molar-refractivity contribution >= 4 is 5.91 Å². The maximum Gasteiger partial charge on any atom is 0.223 e. The Morgan fingerprint density at radius 3 is 2.54 bits per heavy atom. The zero-order chi connectivity index (χ0) is 18.6. The molecular weight excluding hydrogens is 330 g/mol. The van der Waals surface area contributed by atoms with E-state index in [9.17, 15) is 9.90 Å². The fourth-order valence-electron chi connectivity index (χ4n) is 5.27. The molecule has 4 aliphatic rings. The fourth-order valence-corrected chi connectivity index (χ4v) is 5.27. The molecular formula is C20H35N3O3. The molecule has 6 heteroatoms. The fraction of sp³-hybridized carbons (Fsp3) is 0.950. The second kappa shape index (κ2) is 6.43. The predicted octanol–water partition coefficient (Wildman–Crippen LogP) is 1.48. The molecule has 4 rings (SSSR count). The van der Waals surface area contributed by atoms with Gasteiger partial charge in [-0.2, -0.15) is 0 Å². The maximum atomic E-state index is 12.6. The molecule has 4 N–H and O–H groups in total. The second-order valence-corrected chi connectivity index (χ2v) is 10.2. The van der Waals surface area contributed by atoms with Gasteiger partial charge >= 0.3 is 0 Å². The van der Waals surface area contributed by atoms with Gasteiger partial charge in [0.05, 0.1) is 5.60 Å². The van der Waals surface area contributed by atoms with Gasteiger partial charge in [-0.25, -0.2) is 0 Å². The summed E-state index contributed by atoms with van der Waals surface area (Å²) in [6.45, 7) is 7.92. The first-order valence-electron chi connectivity index (χ1n) is 10.3. The first kappa shape index (κ1) is 18.7. The molecule has 148 valence electrons. The Bertz CT molecular complexity index is 545. The molecule has 0 aromatic heterocycles. The molecule has 0 bridgehead atoms. The van der Waals surface area contributed by atoms with Gasteiger partial charge in [0, 0.05) is 24.5 Å². The van der Waals surface area contributed by atoms with Crippen LogP contribution in [0.4, 0.5) is 0 Å². The van der Waals surface area contributed by atoms with Crippen LogP contribution in [-0.2, 0) is 9.53 Å². The van der Waals surface area contributed by atoms with Crippen LogP contribution in [0.1, 0.15) is 65.7 Å². The number of aliphatic hydroxyl groups excluding tert-OH is 1. The summed E-state index contributed by atoms with van der Waals surface area (Å²) in [5.41, 5.74) is 0.236. The van der Waals surface area contributed by atoms with Crippen LogP contribution in [0.25, 0.3) is 0 Å². The molecule has 0 aromatic carbocycles. The number of ether oxygens (including phenoxy) is 1. The lowest BCUT2D eigenvalue weighted by molar-refractivity contribution is -0.183. The average Bonchev–Trinajstić information content (AvgIpc) is 3.33. The number of rotatable bonds is 5. The SMILES string of the molecule is CC(C)(C)OC(O)NC1CC12CCC(NC(=O)C1CC13CCNC3)CC2. The van der Waals surface area contributed by atoms with Gasteiger partial charge in [-0.15, -0.1) is 0 Å². The van der Waals surface area contributed by atoms with Crippen LogP contribution >= 0.6 is 0 Å². The summed E-state index contributed by atoms with van der Waals surface area (Å²) in [4.78, 5) is 12.6. The smallest absolute Gasteiger partial charge is 0.223 e. The van der Waals surface area contributed by atoms with Crippen molar-refractivity contribution in [2.45, 2.75) is 89.8 Å². The second-order valence-electron chi connectivity index (χ2n) is 10.2. The van der Waals surface area contributed by atoms with E-state index in [1.807, 2.05) is 20.8 Å². The average molecular weight is 366 g/mol. The molecule has 26 heavy (non-hydrogen) atoms. The molecule has 2 spiro atoms. The van der Waals surface area contributed by atoms with E-state index in [0.717, 1.165) is 58.0 Å². The van der Waals surface area contributed by atoms with Crippen molar-refractivity contribution in [1.82, 2.24) is 16.0 Å². The first-order valence-corrected chi connectivity index (χ1v) is 10.3. The van der Waals surface area contributed by atoms with Crippen LogP contribution in [0.3, 0.4) is 0 Å². The van der Waals surface area contributed by atoms with Gasteiger partial charge in [0.1, 0.15) is 0 Å². The lowest BCUT2D eigenvalue weighted by Crippen LogP contribution is -2.43. The molecule has 1 heterocycles. The Balaban J connectivity index is 1.19. The molecule has 1 amide bonds.